The Balaban J connectivity index is 1.56. The molecule has 4 rings (SSSR count). The average molecular weight is 445 g/mol. The molecule has 0 atom stereocenters. The summed E-state index contributed by atoms with van der Waals surface area (Å²) < 4.78 is 29.3. The van der Waals surface area contributed by atoms with Gasteiger partial charge in [0.05, 0.1) is 16.6 Å². The van der Waals surface area contributed by atoms with E-state index in [0.29, 0.717) is 18.7 Å². The molecule has 1 saturated heterocycles. The molecule has 2 aromatic heterocycles. The summed E-state index contributed by atoms with van der Waals surface area (Å²) in [5, 5.41) is 4.52. The smallest absolute Gasteiger partial charge is 0.267 e. The molecule has 31 heavy (non-hydrogen) atoms. The summed E-state index contributed by atoms with van der Waals surface area (Å²) in [4.78, 5) is 29.8. The number of sulfonamides is 1. The molecule has 164 valence electrons. The molecule has 1 amide bonds. The largest absolute Gasteiger partial charge is 0.283 e. The van der Waals surface area contributed by atoms with Crippen LogP contribution in [0.15, 0.2) is 46.5 Å². The molecule has 10 nitrogen and oxygen atoms in total. The maximum atomic E-state index is 12.7. The van der Waals surface area contributed by atoms with Gasteiger partial charge in [-0.2, -0.15) is 9.40 Å². The predicted octanol–water partition coefficient (Wildman–Crippen LogP) is 1.52. The number of aromatic nitrogens is 4. The van der Waals surface area contributed by atoms with Gasteiger partial charge in [-0.15, -0.1) is 0 Å². The minimum atomic E-state index is -3.55. The number of fused-ring (bicyclic) bond motifs is 1. The first-order chi connectivity index (χ1) is 14.6. The topological polar surface area (TPSA) is 119 Å². The first-order valence-corrected chi connectivity index (χ1v) is 11.4. The van der Waals surface area contributed by atoms with Crippen molar-refractivity contribution in [3.63, 3.8) is 0 Å². The molecular weight excluding hydrogens is 420 g/mol. The second-order valence-electron chi connectivity index (χ2n) is 8.46. The number of hydrogen-bond donors (Lipinski definition) is 1. The molecule has 1 aromatic carbocycles. The van der Waals surface area contributed by atoms with Gasteiger partial charge in [-0.1, -0.05) is 0 Å². The fourth-order valence-corrected chi connectivity index (χ4v) is 5.03. The molecular formula is C20H24N6O4S. The van der Waals surface area contributed by atoms with Crippen LogP contribution in [-0.2, 0) is 15.6 Å². The van der Waals surface area contributed by atoms with Gasteiger partial charge in [-0.25, -0.2) is 22.8 Å². The van der Waals surface area contributed by atoms with Crippen molar-refractivity contribution in [2.45, 2.75) is 44.0 Å². The average Bonchev–Trinajstić information content (AvgIpc) is 3.40. The van der Waals surface area contributed by atoms with Gasteiger partial charge in [0.1, 0.15) is 11.7 Å². The number of benzene rings is 1. The van der Waals surface area contributed by atoms with E-state index in [4.69, 9.17) is 0 Å². The van der Waals surface area contributed by atoms with Crippen molar-refractivity contribution in [3.05, 3.63) is 52.7 Å². The Kier molecular flexibility index (Phi) is 5.18. The lowest BCUT2D eigenvalue weighted by Gasteiger charge is -2.19. The zero-order valence-corrected chi connectivity index (χ0v) is 18.4. The lowest BCUT2D eigenvalue weighted by molar-refractivity contribution is 0.101. The summed E-state index contributed by atoms with van der Waals surface area (Å²) in [5.74, 6) is -0.559. The molecule has 11 heteroatoms. The van der Waals surface area contributed by atoms with Gasteiger partial charge in [0.25, 0.3) is 11.5 Å². The second kappa shape index (κ2) is 7.57. The van der Waals surface area contributed by atoms with Crippen LogP contribution >= 0.6 is 0 Å². The van der Waals surface area contributed by atoms with E-state index in [1.165, 1.54) is 41.1 Å². The Hall–Kier alpha value is -3.05. The van der Waals surface area contributed by atoms with Crippen molar-refractivity contribution in [3.8, 4) is 0 Å². The minimum Gasteiger partial charge on any atom is -0.267 e. The maximum absolute atomic E-state index is 12.7. The first-order valence-electron chi connectivity index (χ1n) is 9.96. The Morgan fingerprint density at radius 3 is 2.35 bits per heavy atom. The van der Waals surface area contributed by atoms with E-state index in [-0.39, 0.29) is 21.4 Å². The van der Waals surface area contributed by atoms with Crippen molar-refractivity contribution in [2.24, 2.45) is 0 Å². The van der Waals surface area contributed by atoms with E-state index in [1.807, 2.05) is 20.8 Å². The fourth-order valence-electron chi connectivity index (χ4n) is 3.51. The van der Waals surface area contributed by atoms with Crippen molar-refractivity contribution in [1.29, 1.82) is 0 Å². The number of amides is 1. The molecule has 3 heterocycles. The lowest BCUT2D eigenvalue weighted by atomic mass is 10.1. The van der Waals surface area contributed by atoms with E-state index in [0.717, 1.165) is 17.5 Å². The Morgan fingerprint density at radius 1 is 1.10 bits per heavy atom. The third-order valence-corrected chi connectivity index (χ3v) is 7.08. The summed E-state index contributed by atoms with van der Waals surface area (Å²) in [6, 6.07) is 5.65. The molecule has 0 unspecified atom stereocenters. The number of nitrogens with zero attached hydrogens (tertiary/aromatic N) is 5. The summed E-state index contributed by atoms with van der Waals surface area (Å²) in [5.41, 5.74) is 2.33. The van der Waals surface area contributed by atoms with Gasteiger partial charge in [0, 0.05) is 18.7 Å². The van der Waals surface area contributed by atoms with Crippen LogP contribution in [0.1, 0.15) is 44.0 Å². The highest BCUT2D eigenvalue weighted by Gasteiger charge is 2.27. The fraction of sp³-hybridized carbons (Fsp3) is 0.400. The molecule has 1 aliphatic rings. The molecule has 1 N–H and O–H groups in total. The number of hydrogen-bond acceptors (Lipinski definition) is 6. The SMILES string of the molecule is CC(C)(C)n1ncc2c(=O)n(NC(=O)c3ccc(S(=O)(=O)N4CCCC4)cc3)cnc21. The van der Waals surface area contributed by atoms with Crippen molar-refractivity contribution >= 4 is 27.0 Å². The zero-order chi connectivity index (χ0) is 22.4. The summed E-state index contributed by atoms with van der Waals surface area (Å²) >= 11 is 0. The minimum absolute atomic E-state index is 0.140. The molecule has 0 radical (unpaired) electrons. The standard InChI is InChI=1S/C20H24N6O4S/c1-20(2,3)26-17-16(12-22-26)19(28)25(13-21-17)23-18(27)14-6-8-15(9-7-14)31(29,30)24-10-4-5-11-24/h6-9,12-13H,4-5,10-11H2,1-3H3,(H,23,27). The monoisotopic (exact) mass is 444 g/mol. The van der Waals surface area contributed by atoms with Crippen LogP contribution in [0, 0.1) is 0 Å². The summed E-state index contributed by atoms with van der Waals surface area (Å²) in [6.07, 6.45) is 4.36. The molecule has 0 bridgehead atoms. The van der Waals surface area contributed by atoms with E-state index in [9.17, 15) is 18.0 Å². The van der Waals surface area contributed by atoms with E-state index < -0.39 is 21.5 Å². The van der Waals surface area contributed by atoms with Gasteiger partial charge in [-0.3, -0.25) is 15.0 Å². The van der Waals surface area contributed by atoms with Crippen LogP contribution < -0.4 is 11.0 Å². The van der Waals surface area contributed by atoms with Crippen LogP contribution in [0.3, 0.4) is 0 Å². The third kappa shape index (κ3) is 3.86. The van der Waals surface area contributed by atoms with E-state index in [2.05, 4.69) is 15.5 Å². The highest BCUT2D eigenvalue weighted by Crippen LogP contribution is 2.21. The van der Waals surface area contributed by atoms with Crippen LogP contribution in [0.4, 0.5) is 0 Å². The predicted molar refractivity (Wildman–Crippen MR) is 115 cm³/mol. The van der Waals surface area contributed by atoms with Crippen LogP contribution in [0.25, 0.3) is 11.0 Å². The normalized spacial score (nSPS) is 15.5. The van der Waals surface area contributed by atoms with E-state index >= 15 is 0 Å². The van der Waals surface area contributed by atoms with Crippen LogP contribution in [0.5, 0.6) is 0 Å². The van der Waals surface area contributed by atoms with Gasteiger partial charge < -0.3 is 0 Å². The molecule has 0 saturated carbocycles. The molecule has 1 aliphatic heterocycles. The van der Waals surface area contributed by atoms with Crippen LogP contribution in [0.2, 0.25) is 0 Å². The van der Waals surface area contributed by atoms with Crippen LogP contribution in [-0.4, -0.2) is 51.2 Å². The van der Waals surface area contributed by atoms with Crippen molar-refractivity contribution in [1.82, 2.24) is 23.7 Å². The van der Waals surface area contributed by atoms with Gasteiger partial charge in [-0.05, 0) is 57.9 Å². The van der Waals surface area contributed by atoms with Crippen molar-refractivity contribution in [2.75, 3.05) is 18.5 Å². The highest BCUT2D eigenvalue weighted by molar-refractivity contribution is 7.89. The number of nitrogens with one attached hydrogen (secondary N) is 1. The summed E-state index contributed by atoms with van der Waals surface area (Å²) in [6.45, 7) is 6.86. The maximum Gasteiger partial charge on any atom is 0.283 e. The molecule has 3 aromatic rings. The van der Waals surface area contributed by atoms with Gasteiger partial charge in [0.2, 0.25) is 10.0 Å². The number of carbonyl (C=O) groups is 1. The Morgan fingerprint density at radius 2 is 1.74 bits per heavy atom. The Labute approximate surface area is 179 Å². The third-order valence-electron chi connectivity index (χ3n) is 5.17. The van der Waals surface area contributed by atoms with Gasteiger partial charge in [0.15, 0.2) is 5.65 Å². The van der Waals surface area contributed by atoms with Crippen molar-refractivity contribution < 1.29 is 13.2 Å². The van der Waals surface area contributed by atoms with E-state index in [1.54, 1.807) is 4.68 Å². The molecule has 1 fully saturated rings. The first kappa shape index (κ1) is 21.2. The lowest BCUT2D eigenvalue weighted by Crippen LogP contribution is -2.33. The number of rotatable bonds is 4. The highest BCUT2D eigenvalue weighted by atomic mass is 32.2. The Bertz CT molecular complexity index is 1300. The summed E-state index contributed by atoms with van der Waals surface area (Å²) in [7, 11) is -3.55. The number of carbonyl (C=O) groups excluding carboxylic acids is 1. The quantitative estimate of drug-likeness (QED) is 0.652. The zero-order valence-electron chi connectivity index (χ0n) is 17.6. The molecule has 0 spiro atoms. The second-order valence-corrected chi connectivity index (χ2v) is 10.4. The van der Waals surface area contributed by atoms with Gasteiger partial charge >= 0.3 is 0 Å². The molecule has 0 aliphatic carbocycles.